The van der Waals surface area contributed by atoms with Gasteiger partial charge in [0.2, 0.25) is 5.91 Å². The number of carbonyl (C=O) groups excluding carboxylic acids is 2. The average molecular weight is 449 g/mol. The summed E-state index contributed by atoms with van der Waals surface area (Å²) in [5.74, 6) is 2.79. The molecule has 5 fully saturated rings. The molecule has 4 nitrogen and oxygen atoms in total. The highest BCUT2D eigenvalue weighted by atomic mass is 35.5. The van der Waals surface area contributed by atoms with Crippen molar-refractivity contribution in [1.29, 1.82) is 0 Å². The molecule has 0 spiro atoms. The molecule has 162 valence electrons. The fourth-order valence-electron chi connectivity index (χ4n) is 7.14. The minimum Gasteiger partial charge on any atom is -0.341 e. The molecule has 6 heteroatoms. The summed E-state index contributed by atoms with van der Waals surface area (Å²) in [6, 6.07) is 4.98. The molecule has 0 radical (unpaired) electrons. The van der Waals surface area contributed by atoms with Gasteiger partial charge in [0.1, 0.15) is 0 Å². The molecule has 1 heterocycles. The predicted molar refractivity (Wildman–Crippen MR) is 119 cm³/mol. The monoisotopic (exact) mass is 448 g/mol. The molecular formula is C24H30Cl2N2O2. The Kier molecular flexibility index (Phi) is 5.51. The summed E-state index contributed by atoms with van der Waals surface area (Å²) in [4.78, 5) is 30.1. The molecule has 0 aromatic heterocycles. The molecule has 4 aliphatic carbocycles. The first-order chi connectivity index (χ1) is 14.4. The summed E-state index contributed by atoms with van der Waals surface area (Å²) < 4.78 is 0. The lowest BCUT2D eigenvalue weighted by atomic mass is 9.49. The summed E-state index contributed by atoms with van der Waals surface area (Å²) in [7, 11) is 0. The third-order valence-corrected chi connectivity index (χ3v) is 8.55. The number of amides is 2. The maximum absolute atomic E-state index is 13.3. The van der Waals surface area contributed by atoms with E-state index in [2.05, 4.69) is 0 Å². The first kappa shape index (κ1) is 20.6. The van der Waals surface area contributed by atoms with Crippen LogP contribution in [0.2, 0.25) is 10.0 Å². The highest BCUT2D eigenvalue weighted by Crippen LogP contribution is 2.61. The quantitative estimate of drug-likeness (QED) is 0.631. The van der Waals surface area contributed by atoms with Gasteiger partial charge in [-0.1, -0.05) is 23.2 Å². The van der Waals surface area contributed by atoms with Crippen LogP contribution in [0.15, 0.2) is 18.2 Å². The maximum atomic E-state index is 13.3. The minimum absolute atomic E-state index is 0.0992. The lowest BCUT2D eigenvalue weighted by Gasteiger charge is -2.57. The molecule has 6 rings (SSSR count). The minimum atomic E-state index is -0.0992. The molecule has 0 unspecified atom stereocenters. The summed E-state index contributed by atoms with van der Waals surface area (Å²) in [6.07, 6.45) is 9.51. The van der Waals surface area contributed by atoms with Gasteiger partial charge in [-0.3, -0.25) is 9.59 Å². The van der Waals surface area contributed by atoms with Crippen molar-refractivity contribution in [3.8, 4) is 0 Å². The predicted octanol–water partition coefficient (Wildman–Crippen LogP) is 5.27. The number of benzene rings is 1. The largest absolute Gasteiger partial charge is 0.341 e. The lowest BCUT2D eigenvalue weighted by Crippen LogP contribution is -2.48. The number of rotatable bonds is 3. The Morgan fingerprint density at radius 2 is 1.50 bits per heavy atom. The van der Waals surface area contributed by atoms with E-state index in [1.54, 1.807) is 18.2 Å². The highest BCUT2D eigenvalue weighted by molar-refractivity contribution is 6.35. The van der Waals surface area contributed by atoms with Crippen LogP contribution < -0.4 is 0 Å². The molecule has 0 N–H and O–H groups in total. The molecule has 30 heavy (non-hydrogen) atoms. The normalized spacial score (nSPS) is 32.9. The van der Waals surface area contributed by atoms with Crippen LogP contribution in [0.4, 0.5) is 0 Å². The number of carbonyl (C=O) groups is 2. The first-order valence-corrected chi connectivity index (χ1v) is 12.2. The van der Waals surface area contributed by atoms with Crippen molar-refractivity contribution in [2.24, 2.45) is 23.2 Å². The van der Waals surface area contributed by atoms with Gasteiger partial charge in [0.25, 0.3) is 5.91 Å². The highest BCUT2D eigenvalue weighted by Gasteiger charge is 2.51. The summed E-state index contributed by atoms with van der Waals surface area (Å²) in [5, 5.41) is 0.924. The second-order valence-electron chi connectivity index (χ2n) is 10.2. The van der Waals surface area contributed by atoms with Gasteiger partial charge >= 0.3 is 0 Å². The van der Waals surface area contributed by atoms with Crippen LogP contribution in [-0.4, -0.2) is 47.8 Å². The standard InChI is InChI=1S/C24H30Cl2N2O2/c25-19-2-3-21(26)20(11-19)23(30)28-5-1-4-27(6-7-28)22(29)15-24-12-16-8-17(13-24)10-18(9-16)14-24/h2-3,11,16-18H,1,4-10,12-15H2. The topological polar surface area (TPSA) is 40.6 Å². The van der Waals surface area contributed by atoms with E-state index >= 15 is 0 Å². The fourth-order valence-corrected chi connectivity index (χ4v) is 7.51. The van der Waals surface area contributed by atoms with Crippen molar-refractivity contribution in [2.75, 3.05) is 26.2 Å². The maximum Gasteiger partial charge on any atom is 0.255 e. The van der Waals surface area contributed by atoms with Crippen molar-refractivity contribution < 1.29 is 9.59 Å². The van der Waals surface area contributed by atoms with Crippen molar-refractivity contribution in [2.45, 2.75) is 51.4 Å². The van der Waals surface area contributed by atoms with Gasteiger partial charge < -0.3 is 9.80 Å². The third-order valence-electron chi connectivity index (χ3n) is 7.99. The molecule has 2 amide bonds. The van der Waals surface area contributed by atoms with E-state index in [1.807, 2.05) is 9.80 Å². The zero-order valence-corrected chi connectivity index (χ0v) is 18.9. The Morgan fingerprint density at radius 1 is 0.900 bits per heavy atom. The lowest BCUT2D eigenvalue weighted by molar-refractivity contribution is -0.139. The van der Waals surface area contributed by atoms with E-state index in [4.69, 9.17) is 23.2 Å². The van der Waals surface area contributed by atoms with Crippen molar-refractivity contribution in [3.05, 3.63) is 33.8 Å². The Morgan fingerprint density at radius 3 is 2.17 bits per heavy atom. The Labute approximate surface area is 188 Å². The van der Waals surface area contributed by atoms with Gasteiger partial charge in [0.05, 0.1) is 10.6 Å². The molecule has 5 aliphatic rings. The van der Waals surface area contributed by atoms with E-state index in [0.29, 0.717) is 47.6 Å². The van der Waals surface area contributed by atoms with Gasteiger partial charge in [-0.05, 0) is 86.3 Å². The van der Waals surface area contributed by atoms with Crippen LogP contribution in [0, 0.1) is 23.2 Å². The summed E-state index contributed by atoms with van der Waals surface area (Å²) >= 11 is 12.3. The first-order valence-electron chi connectivity index (χ1n) is 11.4. The molecule has 4 bridgehead atoms. The SMILES string of the molecule is O=C(CC12CC3CC(CC(C3)C1)C2)N1CCCN(C(=O)c2cc(Cl)ccc2Cl)CC1. The summed E-state index contributed by atoms with van der Waals surface area (Å²) in [6.45, 7) is 2.53. The molecule has 0 atom stereocenters. The molecule has 4 saturated carbocycles. The van der Waals surface area contributed by atoms with Crippen LogP contribution in [0.3, 0.4) is 0 Å². The number of nitrogens with zero attached hydrogens (tertiary/aromatic N) is 2. The number of halogens is 2. The van der Waals surface area contributed by atoms with Gasteiger partial charge in [-0.2, -0.15) is 0 Å². The van der Waals surface area contributed by atoms with E-state index in [-0.39, 0.29) is 11.3 Å². The van der Waals surface area contributed by atoms with E-state index in [0.717, 1.165) is 30.7 Å². The van der Waals surface area contributed by atoms with Crippen LogP contribution >= 0.6 is 23.2 Å². The fraction of sp³-hybridized carbons (Fsp3) is 0.667. The summed E-state index contributed by atoms with van der Waals surface area (Å²) in [5.41, 5.74) is 0.708. The average Bonchev–Trinajstić information content (AvgIpc) is 2.94. The van der Waals surface area contributed by atoms with Crippen molar-refractivity contribution >= 4 is 35.0 Å². The smallest absolute Gasteiger partial charge is 0.255 e. The van der Waals surface area contributed by atoms with E-state index < -0.39 is 0 Å². The second kappa shape index (κ2) is 8.02. The molecule has 1 aromatic rings. The van der Waals surface area contributed by atoms with Gasteiger partial charge in [0.15, 0.2) is 0 Å². The van der Waals surface area contributed by atoms with Crippen LogP contribution in [-0.2, 0) is 4.79 Å². The van der Waals surface area contributed by atoms with E-state index in [9.17, 15) is 9.59 Å². The number of hydrogen-bond acceptors (Lipinski definition) is 2. The third kappa shape index (κ3) is 3.98. The van der Waals surface area contributed by atoms with E-state index in [1.165, 1.54) is 38.5 Å². The van der Waals surface area contributed by atoms with Crippen LogP contribution in [0.5, 0.6) is 0 Å². The molecule has 1 saturated heterocycles. The zero-order chi connectivity index (χ0) is 20.9. The Hall–Kier alpha value is -1.26. The van der Waals surface area contributed by atoms with Crippen LogP contribution in [0.1, 0.15) is 61.7 Å². The van der Waals surface area contributed by atoms with Gasteiger partial charge in [-0.15, -0.1) is 0 Å². The Bertz CT molecular complexity index is 820. The number of hydrogen-bond donors (Lipinski definition) is 0. The molecule has 1 aliphatic heterocycles. The van der Waals surface area contributed by atoms with Crippen molar-refractivity contribution in [1.82, 2.24) is 9.80 Å². The van der Waals surface area contributed by atoms with Gasteiger partial charge in [0, 0.05) is 37.6 Å². The van der Waals surface area contributed by atoms with Crippen LogP contribution in [0.25, 0.3) is 0 Å². The van der Waals surface area contributed by atoms with Crippen molar-refractivity contribution in [3.63, 3.8) is 0 Å². The molecular weight excluding hydrogens is 419 g/mol. The zero-order valence-electron chi connectivity index (χ0n) is 17.4. The second-order valence-corrected chi connectivity index (χ2v) is 11.1. The van der Waals surface area contributed by atoms with Gasteiger partial charge in [-0.25, -0.2) is 0 Å². The molecule has 1 aromatic carbocycles. The Balaban J connectivity index is 1.22.